The second-order valence-electron chi connectivity index (χ2n) is 5.51. The van der Waals surface area contributed by atoms with Gasteiger partial charge in [0.25, 0.3) is 5.91 Å². The molecule has 0 aliphatic carbocycles. The monoisotopic (exact) mass is 310 g/mol. The third-order valence-electron chi connectivity index (χ3n) is 3.84. The van der Waals surface area contributed by atoms with Crippen LogP contribution in [0.15, 0.2) is 48.5 Å². The van der Waals surface area contributed by atoms with Crippen molar-refractivity contribution in [2.45, 2.75) is 19.4 Å². The van der Waals surface area contributed by atoms with Crippen LogP contribution in [-0.4, -0.2) is 25.0 Å². The van der Waals surface area contributed by atoms with Crippen LogP contribution < -0.4 is 15.0 Å². The van der Waals surface area contributed by atoms with E-state index in [4.69, 9.17) is 4.74 Å². The van der Waals surface area contributed by atoms with Gasteiger partial charge in [-0.2, -0.15) is 0 Å². The summed E-state index contributed by atoms with van der Waals surface area (Å²) in [6.45, 7) is 1.93. The van der Waals surface area contributed by atoms with Crippen molar-refractivity contribution in [2.24, 2.45) is 0 Å². The van der Waals surface area contributed by atoms with Crippen LogP contribution in [-0.2, 0) is 9.59 Å². The van der Waals surface area contributed by atoms with Crippen molar-refractivity contribution in [1.82, 2.24) is 0 Å². The summed E-state index contributed by atoms with van der Waals surface area (Å²) in [5.41, 5.74) is 2.32. The predicted molar refractivity (Wildman–Crippen MR) is 88.7 cm³/mol. The van der Waals surface area contributed by atoms with Gasteiger partial charge in [-0.25, -0.2) is 4.90 Å². The van der Waals surface area contributed by atoms with Gasteiger partial charge in [-0.05, 0) is 36.8 Å². The van der Waals surface area contributed by atoms with E-state index in [1.807, 2.05) is 49.4 Å². The zero-order valence-corrected chi connectivity index (χ0v) is 13.1. The van der Waals surface area contributed by atoms with Crippen LogP contribution >= 0.6 is 0 Å². The molecule has 5 heteroatoms. The molecule has 1 heterocycles. The molecule has 0 bridgehead atoms. The Morgan fingerprint density at radius 2 is 1.91 bits per heavy atom. The number of hydrogen-bond acceptors (Lipinski definition) is 4. The van der Waals surface area contributed by atoms with Crippen molar-refractivity contribution < 1.29 is 14.3 Å². The molecule has 23 heavy (non-hydrogen) atoms. The molecule has 2 amide bonds. The number of nitrogens with zero attached hydrogens (tertiary/aromatic N) is 1. The van der Waals surface area contributed by atoms with Crippen LogP contribution in [0.25, 0.3) is 0 Å². The topological polar surface area (TPSA) is 58.6 Å². The molecule has 3 rings (SSSR count). The maximum absolute atomic E-state index is 12.6. The third kappa shape index (κ3) is 2.90. The maximum Gasteiger partial charge on any atom is 0.256 e. The van der Waals surface area contributed by atoms with E-state index in [1.165, 1.54) is 4.90 Å². The van der Waals surface area contributed by atoms with E-state index >= 15 is 0 Å². The molecule has 5 nitrogen and oxygen atoms in total. The van der Waals surface area contributed by atoms with E-state index in [1.54, 1.807) is 13.2 Å². The average molecular weight is 310 g/mol. The standard InChI is InChI=1S/C18H18N2O3/c1-12-6-5-7-13(10-12)20-17(21)11-15(18(20)22)19-14-8-3-4-9-16(14)23-2/h3-10,15,19H,11H2,1-2H3. The summed E-state index contributed by atoms with van der Waals surface area (Å²) in [4.78, 5) is 26.2. The minimum absolute atomic E-state index is 0.130. The summed E-state index contributed by atoms with van der Waals surface area (Å²) in [6.07, 6.45) is 0.130. The zero-order chi connectivity index (χ0) is 16.4. The Morgan fingerprint density at radius 3 is 2.65 bits per heavy atom. The number of carbonyl (C=O) groups is 2. The van der Waals surface area contributed by atoms with E-state index in [0.29, 0.717) is 17.1 Å². The van der Waals surface area contributed by atoms with E-state index in [0.717, 1.165) is 5.56 Å². The fourth-order valence-electron chi connectivity index (χ4n) is 2.73. The molecule has 1 aliphatic rings. The Balaban J connectivity index is 1.84. The Morgan fingerprint density at radius 1 is 1.13 bits per heavy atom. The molecule has 0 spiro atoms. The Kier molecular flexibility index (Phi) is 4.02. The number of anilines is 2. The molecule has 1 unspecified atom stereocenters. The first kappa shape index (κ1) is 15.1. The molecule has 1 N–H and O–H groups in total. The van der Waals surface area contributed by atoms with Crippen LogP contribution in [0.1, 0.15) is 12.0 Å². The number of carbonyl (C=O) groups excluding carboxylic acids is 2. The number of aryl methyl sites for hydroxylation is 1. The summed E-state index contributed by atoms with van der Waals surface area (Å²) >= 11 is 0. The summed E-state index contributed by atoms with van der Waals surface area (Å²) in [7, 11) is 1.57. The van der Waals surface area contributed by atoms with Crippen molar-refractivity contribution in [3.63, 3.8) is 0 Å². The molecule has 1 aliphatic heterocycles. The average Bonchev–Trinajstić information content (AvgIpc) is 2.82. The van der Waals surface area contributed by atoms with Crippen LogP contribution in [0.4, 0.5) is 11.4 Å². The summed E-state index contributed by atoms with van der Waals surface area (Å²) in [5.74, 6) is 0.196. The van der Waals surface area contributed by atoms with Crippen LogP contribution in [0.3, 0.4) is 0 Å². The second-order valence-corrected chi connectivity index (χ2v) is 5.51. The molecular formula is C18H18N2O3. The lowest BCUT2D eigenvalue weighted by Crippen LogP contribution is -2.34. The van der Waals surface area contributed by atoms with Gasteiger partial charge in [0.2, 0.25) is 5.91 Å². The Bertz CT molecular complexity index is 757. The highest BCUT2D eigenvalue weighted by molar-refractivity contribution is 6.23. The molecule has 2 aromatic carbocycles. The van der Waals surface area contributed by atoms with Gasteiger partial charge in [0.15, 0.2) is 0 Å². The van der Waals surface area contributed by atoms with Crippen molar-refractivity contribution in [2.75, 3.05) is 17.3 Å². The van der Waals surface area contributed by atoms with Gasteiger partial charge in [-0.1, -0.05) is 24.3 Å². The van der Waals surface area contributed by atoms with Gasteiger partial charge in [0.1, 0.15) is 11.8 Å². The van der Waals surface area contributed by atoms with Crippen LogP contribution in [0, 0.1) is 6.92 Å². The SMILES string of the molecule is COc1ccccc1NC1CC(=O)N(c2cccc(C)c2)C1=O. The summed E-state index contributed by atoms with van der Waals surface area (Å²) in [6, 6.07) is 14.1. The van der Waals surface area contributed by atoms with E-state index in [-0.39, 0.29) is 18.2 Å². The Labute approximate surface area is 134 Å². The smallest absolute Gasteiger partial charge is 0.256 e. The van der Waals surface area contributed by atoms with Crippen LogP contribution in [0.5, 0.6) is 5.75 Å². The van der Waals surface area contributed by atoms with Crippen molar-refractivity contribution in [3.05, 3.63) is 54.1 Å². The number of benzene rings is 2. The molecule has 0 radical (unpaired) electrons. The molecule has 2 aromatic rings. The lowest BCUT2D eigenvalue weighted by atomic mass is 10.2. The molecule has 0 aromatic heterocycles. The number of para-hydroxylation sites is 2. The van der Waals surface area contributed by atoms with Gasteiger partial charge >= 0.3 is 0 Å². The highest BCUT2D eigenvalue weighted by Crippen LogP contribution is 2.29. The van der Waals surface area contributed by atoms with E-state index in [2.05, 4.69) is 5.32 Å². The zero-order valence-electron chi connectivity index (χ0n) is 13.1. The van der Waals surface area contributed by atoms with Crippen LogP contribution in [0.2, 0.25) is 0 Å². The molecule has 1 fully saturated rings. The van der Waals surface area contributed by atoms with Gasteiger partial charge in [-0.15, -0.1) is 0 Å². The van der Waals surface area contributed by atoms with Gasteiger partial charge < -0.3 is 10.1 Å². The largest absolute Gasteiger partial charge is 0.495 e. The molecular weight excluding hydrogens is 292 g/mol. The second kappa shape index (κ2) is 6.12. The van der Waals surface area contributed by atoms with Gasteiger partial charge in [-0.3, -0.25) is 9.59 Å². The number of methoxy groups -OCH3 is 1. The summed E-state index contributed by atoms with van der Waals surface area (Å²) in [5, 5.41) is 3.12. The molecule has 1 saturated heterocycles. The lowest BCUT2D eigenvalue weighted by molar-refractivity contribution is -0.121. The number of amides is 2. The first-order chi connectivity index (χ1) is 11.1. The fraction of sp³-hybridized carbons (Fsp3) is 0.222. The van der Waals surface area contributed by atoms with Crippen molar-refractivity contribution in [1.29, 1.82) is 0 Å². The van der Waals surface area contributed by atoms with Crippen molar-refractivity contribution >= 4 is 23.2 Å². The number of ether oxygens (including phenoxy) is 1. The normalized spacial score (nSPS) is 17.5. The molecule has 0 saturated carbocycles. The fourth-order valence-corrected chi connectivity index (χ4v) is 2.73. The maximum atomic E-state index is 12.6. The first-order valence-corrected chi connectivity index (χ1v) is 7.43. The minimum Gasteiger partial charge on any atom is -0.495 e. The quantitative estimate of drug-likeness (QED) is 0.882. The van der Waals surface area contributed by atoms with Gasteiger partial charge in [0.05, 0.1) is 24.9 Å². The number of hydrogen-bond donors (Lipinski definition) is 1. The lowest BCUT2D eigenvalue weighted by Gasteiger charge is -2.17. The number of nitrogens with one attached hydrogen (secondary N) is 1. The number of imide groups is 1. The van der Waals surface area contributed by atoms with E-state index in [9.17, 15) is 9.59 Å². The van der Waals surface area contributed by atoms with E-state index < -0.39 is 6.04 Å². The number of rotatable bonds is 4. The Hall–Kier alpha value is -2.82. The highest BCUT2D eigenvalue weighted by atomic mass is 16.5. The molecule has 118 valence electrons. The minimum atomic E-state index is -0.584. The third-order valence-corrected chi connectivity index (χ3v) is 3.84. The first-order valence-electron chi connectivity index (χ1n) is 7.43. The molecule has 1 atom stereocenters. The predicted octanol–water partition coefficient (Wildman–Crippen LogP) is 2.75. The summed E-state index contributed by atoms with van der Waals surface area (Å²) < 4.78 is 5.27. The highest BCUT2D eigenvalue weighted by Gasteiger charge is 2.39. The van der Waals surface area contributed by atoms with Gasteiger partial charge in [0, 0.05) is 0 Å². The van der Waals surface area contributed by atoms with Crippen molar-refractivity contribution in [3.8, 4) is 5.75 Å².